The zero-order valence-corrected chi connectivity index (χ0v) is 22.0. The number of rotatable bonds is 8. The summed E-state index contributed by atoms with van der Waals surface area (Å²) in [6.07, 6.45) is 0.458. The van der Waals surface area contributed by atoms with Gasteiger partial charge in [-0.1, -0.05) is 54.6 Å². The molecule has 0 saturated carbocycles. The SMILES string of the molecule is CC(C(=O)NC(C)(C)C)N(Cc1ccccc1)C(=O)CCCN1c2cccc3cccc(c23)S1(=O)=O. The first-order valence-corrected chi connectivity index (χ1v) is 13.6. The molecule has 3 aromatic carbocycles. The van der Waals surface area contributed by atoms with Gasteiger partial charge in [-0.15, -0.1) is 0 Å². The molecular formula is C28H33N3O4S. The zero-order chi connectivity index (χ0) is 26.1. The highest BCUT2D eigenvalue weighted by Gasteiger charge is 2.35. The first-order chi connectivity index (χ1) is 17.0. The minimum Gasteiger partial charge on any atom is -0.350 e. The number of carbonyl (C=O) groups excluding carboxylic acids is 2. The van der Waals surface area contributed by atoms with Gasteiger partial charge in [0, 0.05) is 30.4 Å². The Kier molecular flexibility index (Phi) is 7.09. The average molecular weight is 508 g/mol. The summed E-state index contributed by atoms with van der Waals surface area (Å²) in [7, 11) is -3.67. The molecule has 0 saturated heterocycles. The summed E-state index contributed by atoms with van der Waals surface area (Å²) < 4.78 is 27.8. The lowest BCUT2D eigenvalue weighted by molar-refractivity contribution is -0.141. The molecule has 4 rings (SSSR count). The van der Waals surface area contributed by atoms with Gasteiger partial charge in [-0.05, 0) is 57.2 Å². The Balaban J connectivity index is 1.49. The van der Waals surface area contributed by atoms with Gasteiger partial charge in [-0.25, -0.2) is 8.42 Å². The van der Waals surface area contributed by atoms with E-state index < -0.39 is 21.6 Å². The van der Waals surface area contributed by atoms with Crippen molar-refractivity contribution in [2.45, 2.75) is 63.6 Å². The van der Waals surface area contributed by atoms with Crippen LogP contribution in [0.1, 0.15) is 46.1 Å². The van der Waals surface area contributed by atoms with Gasteiger partial charge in [-0.3, -0.25) is 13.9 Å². The van der Waals surface area contributed by atoms with Crippen molar-refractivity contribution in [3.8, 4) is 0 Å². The molecule has 0 fully saturated rings. The van der Waals surface area contributed by atoms with E-state index in [-0.39, 0.29) is 24.8 Å². The van der Waals surface area contributed by atoms with Crippen molar-refractivity contribution >= 4 is 38.3 Å². The van der Waals surface area contributed by atoms with Crippen molar-refractivity contribution in [2.24, 2.45) is 0 Å². The Hall–Kier alpha value is -3.39. The number of nitrogens with one attached hydrogen (secondary N) is 1. The molecule has 3 aromatic rings. The number of hydrogen-bond acceptors (Lipinski definition) is 4. The maximum Gasteiger partial charge on any atom is 0.265 e. The molecule has 2 amide bonds. The fourth-order valence-corrected chi connectivity index (χ4v) is 6.30. The molecule has 7 nitrogen and oxygen atoms in total. The topological polar surface area (TPSA) is 86.8 Å². The monoisotopic (exact) mass is 507 g/mol. The molecule has 1 aliphatic heterocycles. The van der Waals surface area contributed by atoms with Crippen molar-refractivity contribution in [3.05, 3.63) is 72.3 Å². The predicted octanol–water partition coefficient (Wildman–Crippen LogP) is 4.46. The second kappa shape index (κ2) is 9.93. The van der Waals surface area contributed by atoms with Gasteiger partial charge in [0.05, 0.1) is 10.6 Å². The number of nitrogens with zero attached hydrogens (tertiary/aromatic N) is 2. The minimum absolute atomic E-state index is 0.123. The van der Waals surface area contributed by atoms with Crippen molar-refractivity contribution in [3.63, 3.8) is 0 Å². The average Bonchev–Trinajstić information content (AvgIpc) is 3.05. The summed E-state index contributed by atoms with van der Waals surface area (Å²) in [6, 6.07) is 19.7. The third kappa shape index (κ3) is 5.23. The van der Waals surface area contributed by atoms with Gasteiger partial charge in [-0.2, -0.15) is 0 Å². The smallest absolute Gasteiger partial charge is 0.265 e. The molecule has 1 heterocycles. The molecule has 1 aliphatic rings. The molecule has 1 N–H and O–H groups in total. The number of carbonyl (C=O) groups is 2. The Labute approximate surface area is 213 Å². The summed E-state index contributed by atoms with van der Waals surface area (Å²) in [5.41, 5.74) is 1.15. The Bertz CT molecular complexity index is 1380. The lowest BCUT2D eigenvalue weighted by atomic mass is 10.1. The molecule has 0 radical (unpaired) electrons. The van der Waals surface area contributed by atoms with Crippen LogP contribution in [0.3, 0.4) is 0 Å². The van der Waals surface area contributed by atoms with Gasteiger partial charge < -0.3 is 10.2 Å². The number of sulfonamides is 1. The van der Waals surface area contributed by atoms with Gasteiger partial charge in [0.1, 0.15) is 6.04 Å². The maximum atomic E-state index is 13.4. The van der Waals surface area contributed by atoms with Crippen LogP contribution in [0.25, 0.3) is 10.8 Å². The van der Waals surface area contributed by atoms with Crippen molar-refractivity contribution < 1.29 is 18.0 Å². The number of benzene rings is 3. The zero-order valence-electron chi connectivity index (χ0n) is 21.2. The molecule has 0 bridgehead atoms. The first-order valence-electron chi connectivity index (χ1n) is 12.2. The number of amides is 2. The van der Waals surface area contributed by atoms with Crippen LogP contribution in [0.5, 0.6) is 0 Å². The van der Waals surface area contributed by atoms with Gasteiger partial charge in [0.25, 0.3) is 10.0 Å². The van der Waals surface area contributed by atoms with E-state index in [1.54, 1.807) is 30.0 Å². The predicted molar refractivity (Wildman–Crippen MR) is 142 cm³/mol. The number of hydrogen-bond donors (Lipinski definition) is 1. The largest absolute Gasteiger partial charge is 0.350 e. The van der Waals surface area contributed by atoms with Crippen molar-refractivity contribution in [1.82, 2.24) is 10.2 Å². The summed E-state index contributed by atoms with van der Waals surface area (Å²) in [5.74, 6) is -0.418. The molecule has 0 aliphatic carbocycles. The van der Waals surface area contributed by atoms with Crippen molar-refractivity contribution in [1.29, 1.82) is 0 Å². The quantitative estimate of drug-likeness (QED) is 0.488. The molecule has 190 valence electrons. The van der Waals surface area contributed by atoms with Crippen LogP contribution < -0.4 is 9.62 Å². The van der Waals surface area contributed by atoms with E-state index in [1.165, 1.54) is 4.31 Å². The standard InChI is InChI=1S/C28H33N3O4S/c1-20(27(33)29-28(2,3)4)30(19-21-11-6-5-7-12-21)25(32)17-10-18-31-23-15-8-13-22-14-9-16-24(26(22)23)36(31,34)35/h5-9,11-16,20H,10,17-19H2,1-4H3,(H,29,33). The van der Waals surface area contributed by atoms with Crippen LogP contribution in [0.4, 0.5) is 5.69 Å². The first kappa shape index (κ1) is 25.7. The fourth-order valence-electron chi connectivity index (χ4n) is 4.55. The Morgan fingerprint density at radius 2 is 1.64 bits per heavy atom. The summed E-state index contributed by atoms with van der Waals surface area (Å²) in [5, 5.41) is 4.55. The van der Waals surface area contributed by atoms with Gasteiger partial charge >= 0.3 is 0 Å². The van der Waals surface area contributed by atoms with E-state index in [4.69, 9.17) is 0 Å². The van der Waals surface area contributed by atoms with E-state index in [9.17, 15) is 18.0 Å². The second-order valence-corrected chi connectivity index (χ2v) is 12.1. The third-order valence-electron chi connectivity index (χ3n) is 6.29. The fraction of sp³-hybridized carbons (Fsp3) is 0.357. The summed E-state index contributed by atoms with van der Waals surface area (Å²) in [6.45, 7) is 7.90. The van der Waals surface area contributed by atoms with Gasteiger partial charge in [0.2, 0.25) is 11.8 Å². The number of anilines is 1. The van der Waals surface area contributed by atoms with E-state index in [0.717, 1.165) is 16.3 Å². The third-order valence-corrected chi connectivity index (χ3v) is 8.15. The van der Waals surface area contributed by atoms with Crippen LogP contribution >= 0.6 is 0 Å². The highest BCUT2D eigenvalue weighted by atomic mass is 32.2. The molecular weight excluding hydrogens is 474 g/mol. The molecule has 1 atom stereocenters. The van der Waals surface area contributed by atoms with Crippen LogP contribution in [0.2, 0.25) is 0 Å². The highest BCUT2D eigenvalue weighted by molar-refractivity contribution is 7.93. The van der Waals surface area contributed by atoms with Crippen molar-refractivity contribution in [2.75, 3.05) is 10.8 Å². The molecule has 36 heavy (non-hydrogen) atoms. The summed E-state index contributed by atoms with van der Waals surface area (Å²) >= 11 is 0. The summed E-state index contributed by atoms with van der Waals surface area (Å²) in [4.78, 5) is 28.2. The lowest BCUT2D eigenvalue weighted by Gasteiger charge is -2.31. The Morgan fingerprint density at radius 1 is 0.972 bits per heavy atom. The van der Waals surface area contributed by atoms with E-state index in [0.29, 0.717) is 23.5 Å². The lowest BCUT2D eigenvalue weighted by Crippen LogP contribution is -2.52. The van der Waals surface area contributed by atoms with E-state index in [1.807, 2.05) is 69.3 Å². The minimum atomic E-state index is -3.67. The van der Waals surface area contributed by atoms with E-state index in [2.05, 4.69) is 5.32 Å². The maximum absolute atomic E-state index is 13.4. The van der Waals surface area contributed by atoms with Crippen LogP contribution in [0.15, 0.2) is 71.6 Å². The molecule has 1 unspecified atom stereocenters. The highest BCUT2D eigenvalue weighted by Crippen LogP contribution is 2.42. The normalized spacial score (nSPS) is 15.1. The molecule has 0 spiro atoms. The Morgan fingerprint density at radius 3 is 2.31 bits per heavy atom. The van der Waals surface area contributed by atoms with E-state index >= 15 is 0 Å². The molecule has 8 heteroatoms. The van der Waals surface area contributed by atoms with Crippen LogP contribution in [-0.4, -0.2) is 43.3 Å². The van der Waals surface area contributed by atoms with Crippen LogP contribution in [-0.2, 0) is 26.2 Å². The van der Waals surface area contributed by atoms with Crippen LogP contribution in [0, 0.1) is 0 Å². The molecule has 0 aromatic heterocycles. The van der Waals surface area contributed by atoms with Gasteiger partial charge in [0.15, 0.2) is 0 Å². The second-order valence-electron chi connectivity index (χ2n) is 10.2.